The number of aromatic carboxylic acids is 1. The highest BCUT2D eigenvalue weighted by Gasteiger charge is 2.24. The summed E-state index contributed by atoms with van der Waals surface area (Å²) in [5, 5.41) is 42.7. The first-order valence-corrected chi connectivity index (χ1v) is 6.44. The first kappa shape index (κ1) is 16.2. The molecule has 0 heterocycles. The van der Waals surface area contributed by atoms with Gasteiger partial charge in [0.1, 0.15) is 11.5 Å². The minimum Gasteiger partial charge on any atom is -0.872 e. The molecule has 7 heteroatoms. The highest BCUT2D eigenvalue weighted by Crippen LogP contribution is 2.34. The number of rotatable bonds is 4. The number of ketones is 1. The molecule has 0 saturated heterocycles. The average molecular weight is 316 g/mol. The predicted octanol–water partition coefficient (Wildman–Crippen LogP) is 0.786. The van der Waals surface area contributed by atoms with Crippen molar-refractivity contribution in [1.29, 1.82) is 0 Å². The highest BCUT2D eigenvalue weighted by atomic mass is 16.5. The molecule has 7 nitrogen and oxygen atoms in total. The van der Waals surface area contributed by atoms with Crippen LogP contribution in [0.15, 0.2) is 24.3 Å². The van der Waals surface area contributed by atoms with E-state index in [2.05, 4.69) is 0 Å². The second kappa shape index (κ2) is 5.88. The average Bonchev–Trinajstić information content (AvgIpc) is 2.44. The van der Waals surface area contributed by atoms with E-state index in [1.54, 1.807) is 0 Å². The highest BCUT2D eigenvalue weighted by molar-refractivity contribution is 6.18. The van der Waals surface area contributed by atoms with Gasteiger partial charge in [0.25, 0.3) is 0 Å². The van der Waals surface area contributed by atoms with Gasteiger partial charge in [-0.3, -0.25) is 4.79 Å². The predicted molar refractivity (Wildman–Crippen MR) is 75.1 cm³/mol. The van der Waals surface area contributed by atoms with Crippen LogP contribution in [0.4, 0.5) is 0 Å². The van der Waals surface area contributed by atoms with Crippen LogP contribution in [0, 0.1) is 6.92 Å². The van der Waals surface area contributed by atoms with Crippen molar-refractivity contribution >= 4 is 11.8 Å². The molecular formula is C16H12O7-2. The van der Waals surface area contributed by atoms with Crippen LogP contribution in [0.3, 0.4) is 0 Å². The number of carbonyl (C=O) groups excluding carboxylic acids is 1. The van der Waals surface area contributed by atoms with Gasteiger partial charge >= 0.3 is 5.97 Å². The maximum Gasteiger partial charge on any atom is 0.336 e. The molecule has 2 aromatic rings. The summed E-state index contributed by atoms with van der Waals surface area (Å²) < 4.78 is 4.91. The molecule has 0 aliphatic rings. The number of hydrogen-bond donors (Lipinski definition) is 2. The van der Waals surface area contributed by atoms with Crippen molar-refractivity contribution in [2.24, 2.45) is 0 Å². The summed E-state index contributed by atoms with van der Waals surface area (Å²) in [7, 11) is 1.17. The van der Waals surface area contributed by atoms with Crippen molar-refractivity contribution < 1.29 is 34.8 Å². The number of carboxylic acids is 1. The SMILES string of the molecule is COc1cc(O)cc(C(=O)O)c1C(=O)c1c([O-])cc(C)cc1[O-]. The van der Waals surface area contributed by atoms with Gasteiger partial charge in [-0.1, -0.05) is 29.2 Å². The number of aryl methyl sites for hydroxylation is 1. The zero-order valence-electron chi connectivity index (χ0n) is 12.2. The lowest BCUT2D eigenvalue weighted by atomic mass is 9.95. The topological polar surface area (TPSA) is 130 Å². The Labute approximate surface area is 131 Å². The second-order valence-electron chi connectivity index (χ2n) is 4.84. The van der Waals surface area contributed by atoms with Gasteiger partial charge in [-0.2, -0.15) is 0 Å². The molecule has 0 atom stereocenters. The zero-order valence-corrected chi connectivity index (χ0v) is 12.2. The van der Waals surface area contributed by atoms with E-state index in [0.717, 1.165) is 24.3 Å². The van der Waals surface area contributed by atoms with E-state index in [1.165, 1.54) is 14.0 Å². The van der Waals surface area contributed by atoms with E-state index in [1.807, 2.05) is 0 Å². The lowest BCUT2D eigenvalue weighted by Crippen LogP contribution is -2.16. The molecule has 0 aromatic heterocycles. The molecule has 120 valence electrons. The van der Waals surface area contributed by atoms with E-state index < -0.39 is 45.7 Å². The van der Waals surface area contributed by atoms with Crippen molar-refractivity contribution in [3.63, 3.8) is 0 Å². The monoisotopic (exact) mass is 316 g/mol. The van der Waals surface area contributed by atoms with Gasteiger partial charge in [0.15, 0.2) is 5.78 Å². The van der Waals surface area contributed by atoms with Gasteiger partial charge in [-0.25, -0.2) is 4.79 Å². The Kier molecular flexibility index (Phi) is 4.13. The Morgan fingerprint density at radius 1 is 1.04 bits per heavy atom. The van der Waals surface area contributed by atoms with Gasteiger partial charge < -0.3 is 25.2 Å². The van der Waals surface area contributed by atoms with Crippen LogP contribution in [0.2, 0.25) is 0 Å². The number of phenolic OH excluding ortho intramolecular Hbond substituents is 1. The molecule has 0 amide bonds. The summed E-state index contributed by atoms with van der Waals surface area (Å²) in [5.41, 5.74) is -1.29. The first-order chi connectivity index (χ1) is 10.8. The molecule has 0 aliphatic heterocycles. The first-order valence-electron chi connectivity index (χ1n) is 6.44. The standard InChI is InChI=1S/C16H14O7/c1-7-3-10(18)14(11(19)4-7)15(20)13-9(16(21)22)5-8(17)6-12(13)23-2/h3-6,17-19H,1-2H3,(H,21,22)/p-2. The van der Waals surface area contributed by atoms with E-state index in [9.17, 15) is 30.0 Å². The van der Waals surface area contributed by atoms with Gasteiger partial charge in [-0.05, 0) is 13.0 Å². The van der Waals surface area contributed by atoms with Gasteiger partial charge in [0.05, 0.1) is 18.2 Å². The minimum absolute atomic E-state index is 0.244. The summed E-state index contributed by atoms with van der Waals surface area (Å²) in [6, 6.07) is 4.11. The van der Waals surface area contributed by atoms with Crippen molar-refractivity contribution in [3.8, 4) is 23.0 Å². The number of hydrogen-bond acceptors (Lipinski definition) is 6. The molecular weight excluding hydrogens is 304 g/mol. The number of carboxylic acid groups (broad SMARTS) is 1. The lowest BCUT2D eigenvalue weighted by molar-refractivity contribution is -0.281. The van der Waals surface area contributed by atoms with E-state index in [-0.39, 0.29) is 5.75 Å². The van der Waals surface area contributed by atoms with E-state index >= 15 is 0 Å². The molecule has 0 unspecified atom stereocenters. The smallest absolute Gasteiger partial charge is 0.336 e. The Hall–Kier alpha value is -3.22. The molecule has 0 bridgehead atoms. The van der Waals surface area contributed by atoms with Gasteiger partial charge in [0, 0.05) is 11.6 Å². The van der Waals surface area contributed by atoms with Gasteiger partial charge in [-0.15, -0.1) is 0 Å². The molecule has 2 N–H and O–H groups in total. The number of methoxy groups -OCH3 is 1. The lowest BCUT2D eigenvalue weighted by Gasteiger charge is -2.22. The number of carbonyl (C=O) groups is 2. The second-order valence-corrected chi connectivity index (χ2v) is 4.84. The van der Waals surface area contributed by atoms with Crippen LogP contribution in [0.5, 0.6) is 23.0 Å². The van der Waals surface area contributed by atoms with Crippen molar-refractivity contribution in [2.45, 2.75) is 6.92 Å². The van der Waals surface area contributed by atoms with E-state index in [4.69, 9.17) is 4.74 Å². The van der Waals surface area contributed by atoms with Crippen molar-refractivity contribution in [3.05, 3.63) is 46.5 Å². The molecule has 0 spiro atoms. The number of ether oxygens (including phenoxy) is 1. The van der Waals surface area contributed by atoms with Crippen LogP contribution < -0.4 is 14.9 Å². The Balaban J connectivity index is 2.76. The number of phenols is 1. The normalized spacial score (nSPS) is 10.3. The van der Waals surface area contributed by atoms with E-state index in [0.29, 0.717) is 5.56 Å². The third-order valence-corrected chi connectivity index (χ3v) is 3.20. The van der Waals surface area contributed by atoms with Crippen LogP contribution in [0.25, 0.3) is 0 Å². The maximum atomic E-state index is 12.6. The Morgan fingerprint density at radius 3 is 2.09 bits per heavy atom. The molecule has 2 rings (SSSR count). The molecule has 23 heavy (non-hydrogen) atoms. The molecule has 0 fully saturated rings. The summed E-state index contributed by atoms with van der Waals surface area (Å²) in [4.78, 5) is 23.9. The third kappa shape index (κ3) is 2.89. The molecule has 0 radical (unpaired) electrons. The van der Waals surface area contributed by atoms with Crippen LogP contribution in [-0.4, -0.2) is 29.1 Å². The Morgan fingerprint density at radius 2 is 1.61 bits per heavy atom. The fraction of sp³-hybridized carbons (Fsp3) is 0.125. The molecule has 0 saturated carbocycles. The van der Waals surface area contributed by atoms with Crippen LogP contribution >= 0.6 is 0 Å². The summed E-state index contributed by atoms with van der Waals surface area (Å²) in [6.45, 7) is 1.53. The van der Waals surface area contributed by atoms with Gasteiger partial charge in [0.2, 0.25) is 0 Å². The summed E-state index contributed by atoms with van der Waals surface area (Å²) >= 11 is 0. The Bertz CT molecular complexity index is 785. The third-order valence-electron chi connectivity index (χ3n) is 3.20. The van der Waals surface area contributed by atoms with Crippen molar-refractivity contribution in [2.75, 3.05) is 7.11 Å². The zero-order chi connectivity index (χ0) is 17.3. The largest absolute Gasteiger partial charge is 0.872 e. The quantitative estimate of drug-likeness (QED) is 0.797. The molecule has 0 aliphatic carbocycles. The fourth-order valence-electron chi connectivity index (χ4n) is 2.23. The summed E-state index contributed by atoms with van der Waals surface area (Å²) in [5.74, 6) is -4.84. The maximum absolute atomic E-state index is 12.6. The van der Waals surface area contributed by atoms with Crippen molar-refractivity contribution in [1.82, 2.24) is 0 Å². The molecule has 2 aromatic carbocycles. The fourth-order valence-corrected chi connectivity index (χ4v) is 2.23. The van der Waals surface area contributed by atoms with Crippen LogP contribution in [0.1, 0.15) is 31.8 Å². The van der Waals surface area contributed by atoms with Crippen LogP contribution in [-0.2, 0) is 0 Å². The summed E-state index contributed by atoms with van der Waals surface area (Å²) in [6.07, 6.45) is 0. The minimum atomic E-state index is -1.51. The number of aromatic hydroxyl groups is 1. The number of benzene rings is 2.